The Kier molecular flexibility index (Phi) is 3.39. The Balaban J connectivity index is 1.76. The fraction of sp³-hybridized carbons (Fsp3) is 0.368. The maximum atomic E-state index is 6.62. The largest absolute Gasteiger partial charge is 0.327 e. The molecule has 3 atom stereocenters. The van der Waals surface area contributed by atoms with Crippen molar-refractivity contribution < 1.29 is 0 Å². The van der Waals surface area contributed by atoms with Gasteiger partial charge in [0.1, 0.15) is 0 Å². The van der Waals surface area contributed by atoms with Gasteiger partial charge in [-0.2, -0.15) is 0 Å². The molecule has 1 heteroatoms. The molecule has 0 spiro atoms. The van der Waals surface area contributed by atoms with Crippen molar-refractivity contribution in [3.05, 3.63) is 71.8 Å². The molecule has 1 fully saturated rings. The summed E-state index contributed by atoms with van der Waals surface area (Å²) in [4.78, 5) is 0. The van der Waals surface area contributed by atoms with Crippen LogP contribution < -0.4 is 5.73 Å². The fourth-order valence-corrected chi connectivity index (χ4v) is 3.29. The SMILES string of the molecule is CC(C)(c1ccccc1)C(N)C1CC1c1ccccc1. The van der Waals surface area contributed by atoms with E-state index in [1.165, 1.54) is 17.5 Å². The molecule has 0 bridgehead atoms. The van der Waals surface area contributed by atoms with Gasteiger partial charge in [-0.15, -0.1) is 0 Å². The van der Waals surface area contributed by atoms with Gasteiger partial charge in [0.05, 0.1) is 0 Å². The van der Waals surface area contributed by atoms with E-state index in [0.717, 1.165) is 0 Å². The Bertz CT molecular complexity index is 559. The van der Waals surface area contributed by atoms with Crippen molar-refractivity contribution in [1.29, 1.82) is 0 Å². The molecular weight excluding hydrogens is 242 g/mol. The topological polar surface area (TPSA) is 26.0 Å². The maximum Gasteiger partial charge on any atom is 0.0166 e. The Labute approximate surface area is 121 Å². The summed E-state index contributed by atoms with van der Waals surface area (Å²) in [6.07, 6.45) is 1.22. The molecule has 1 saturated carbocycles. The van der Waals surface area contributed by atoms with Gasteiger partial charge in [-0.25, -0.2) is 0 Å². The number of benzene rings is 2. The van der Waals surface area contributed by atoms with Crippen molar-refractivity contribution in [2.45, 2.75) is 37.6 Å². The van der Waals surface area contributed by atoms with Crippen LogP contribution in [0.1, 0.15) is 37.3 Å². The highest BCUT2D eigenvalue weighted by Gasteiger charge is 2.47. The molecule has 2 aromatic rings. The highest BCUT2D eigenvalue weighted by molar-refractivity contribution is 5.31. The number of hydrogen-bond donors (Lipinski definition) is 1. The first kappa shape index (κ1) is 13.4. The zero-order valence-electron chi connectivity index (χ0n) is 12.3. The summed E-state index contributed by atoms with van der Waals surface area (Å²) in [5.74, 6) is 1.25. The smallest absolute Gasteiger partial charge is 0.0166 e. The summed E-state index contributed by atoms with van der Waals surface area (Å²) < 4.78 is 0. The third kappa shape index (κ3) is 2.38. The van der Waals surface area contributed by atoms with Crippen molar-refractivity contribution in [3.8, 4) is 0 Å². The van der Waals surface area contributed by atoms with E-state index >= 15 is 0 Å². The van der Waals surface area contributed by atoms with E-state index in [0.29, 0.717) is 11.8 Å². The average molecular weight is 265 g/mol. The van der Waals surface area contributed by atoms with Gasteiger partial charge < -0.3 is 5.73 Å². The van der Waals surface area contributed by atoms with Crippen molar-refractivity contribution in [3.63, 3.8) is 0 Å². The molecule has 1 aliphatic rings. The summed E-state index contributed by atoms with van der Waals surface area (Å²) in [5, 5.41) is 0. The molecule has 0 amide bonds. The molecule has 0 aliphatic heterocycles. The highest BCUT2D eigenvalue weighted by atomic mass is 14.7. The molecule has 0 saturated heterocycles. The van der Waals surface area contributed by atoms with Gasteiger partial charge in [0.2, 0.25) is 0 Å². The third-order valence-electron chi connectivity index (χ3n) is 4.88. The minimum atomic E-state index is 0.0233. The van der Waals surface area contributed by atoms with Crippen LogP contribution in [-0.2, 0) is 5.41 Å². The molecule has 1 aliphatic carbocycles. The standard InChI is InChI=1S/C19H23N/c1-19(2,15-11-7-4-8-12-15)18(20)17-13-16(17)14-9-5-3-6-10-14/h3-12,16-18H,13,20H2,1-2H3. The van der Waals surface area contributed by atoms with E-state index in [1.807, 2.05) is 0 Å². The maximum absolute atomic E-state index is 6.62. The monoisotopic (exact) mass is 265 g/mol. The summed E-state index contributed by atoms with van der Waals surface area (Å²) >= 11 is 0. The van der Waals surface area contributed by atoms with Crippen molar-refractivity contribution >= 4 is 0 Å². The molecule has 2 aromatic carbocycles. The lowest BCUT2D eigenvalue weighted by Gasteiger charge is -2.33. The molecule has 0 aromatic heterocycles. The normalized spacial score (nSPS) is 23.4. The Morgan fingerprint density at radius 1 is 0.950 bits per heavy atom. The van der Waals surface area contributed by atoms with Crippen molar-refractivity contribution in [1.82, 2.24) is 0 Å². The lowest BCUT2D eigenvalue weighted by atomic mass is 9.75. The van der Waals surface area contributed by atoms with E-state index in [2.05, 4.69) is 74.5 Å². The van der Waals surface area contributed by atoms with Gasteiger partial charge in [0.15, 0.2) is 0 Å². The molecule has 0 heterocycles. The molecule has 3 rings (SSSR count). The second-order valence-electron chi connectivity index (χ2n) is 6.53. The molecule has 20 heavy (non-hydrogen) atoms. The fourth-order valence-electron chi connectivity index (χ4n) is 3.29. The lowest BCUT2D eigenvalue weighted by Crippen LogP contribution is -2.42. The van der Waals surface area contributed by atoms with Gasteiger partial charge in [0.25, 0.3) is 0 Å². The van der Waals surface area contributed by atoms with Gasteiger partial charge in [-0.3, -0.25) is 0 Å². The van der Waals surface area contributed by atoms with Crippen LogP contribution in [0, 0.1) is 5.92 Å². The van der Waals surface area contributed by atoms with E-state index in [-0.39, 0.29) is 11.5 Å². The van der Waals surface area contributed by atoms with Crippen LogP contribution in [0.15, 0.2) is 60.7 Å². The van der Waals surface area contributed by atoms with E-state index < -0.39 is 0 Å². The first-order valence-electron chi connectivity index (χ1n) is 7.47. The van der Waals surface area contributed by atoms with Crippen LogP contribution in [0.4, 0.5) is 0 Å². The van der Waals surface area contributed by atoms with E-state index in [9.17, 15) is 0 Å². The zero-order chi connectivity index (χ0) is 14.2. The minimum Gasteiger partial charge on any atom is -0.327 e. The summed E-state index contributed by atoms with van der Waals surface area (Å²) in [7, 11) is 0. The predicted molar refractivity (Wildman–Crippen MR) is 84.7 cm³/mol. The summed E-state index contributed by atoms with van der Waals surface area (Å²) in [6, 6.07) is 21.6. The van der Waals surface area contributed by atoms with Crippen LogP contribution >= 0.6 is 0 Å². The van der Waals surface area contributed by atoms with Gasteiger partial charge in [-0.1, -0.05) is 74.5 Å². The Hall–Kier alpha value is -1.60. The molecule has 2 N–H and O–H groups in total. The first-order chi connectivity index (χ1) is 9.60. The van der Waals surface area contributed by atoms with Gasteiger partial charge in [0, 0.05) is 11.5 Å². The number of hydrogen-bond acceptors (Lipinski definition) is 1. The van der Waals surface area contributed by atoms with Crippen LogP contribution in [0.5, 0.6) is 0 Å². The first-order valence-corrected chi connectivity index (χ1v) is 7.47. The van der Waals surface area contributed by atoms with E-state index in [1.54, 1.807) is 0 Å². The molecule has 0 radical (unpaired) electrons. The second-order valence-corrected chi connectivity index (χ2v) is 6.53. The molecule has 3 unspecified atom stereocenters. The predicted octanol–water partition coefficient (Wildman–Crippen LogP) is 4.10. The number of rotatable bonds is 4. The Morgan fingerprint density at radius 3 is 2.10 bits per heavy atom. The third-order valence-corrected chi connectivity index (χ3v) is 4.88. The van der Waals surface area contributed by atoms with Gasteiger partial charge in [-0.05, 0) is 29.4 Å². The highest BCUT2D eigenvalue weighted by Crippen LogP contribution is 2.52. The van der Waals surface area contributed by atoms with E-state index in [4.69, 9.17) is 5.73 Å². The quantitative estimate of drug-likeness (QED) is 0.885. The van der Waals surface area contributed by atoms with Crippen LogP contribution in [0.25, 0.3) is 0 Å². The molecule has 1 nitrogen and oxygen atoms in total. The summed E-state index contributed by atoms with van der Waals surface area (Å²) in [5.41, 5.74) is 9.42. The summed E-state index contributed by atoms with van der Waals surface area (Å²) in [6.45, 7) is 4.54. The zero-order valence-corrected chi connectivity index (χ0v) is 12.3. The molecular formula is C19H23N. The van der Waals surface area contributed by atoms with Crippen LogP contribution in [0.3, 0.4) is 0 Å². The number of nitrogens with two attached hydrogens (primary N) is 1. The van der Waals surface area contributed by atoms with Crippen LogP contribution in [0.2, 0.25) is 0 Å². The van der Waals surface area contributed by atoms with Crippen LogP contribution in [-0.4, -0.2) is 6.04 Å². The average Bonchev–Trinajstić information content (AvgIpc) is 3.28. The van der Waals surface area contributed by atoms with Crippen molar-refractivity contribution in [2.24, 2.45) is 11.7 Å². The minimum absolute atomic E-state index is 0.0233. The Morgan fingerprint density at radius 2 is 1.50 bits per heavy atom. The second kappa shape index (κ2) is 5.06. The van der Waals surface area contributed by atoms with Gasteiger partial charge >= 0.3 is 0 Å². The van der Waals surface area contributed by atoms with Crippen molar-refractivity contribution in [2.75, 3.05) is 0 Å². The molecule has 104 valence electrons. The lowest BCUT2D eigenvalue weighted by molar-refractivity contribution is 0.369.